The van der Waals surface area contributed by atoms with Gasteiger partial charge < -0.3 is 10.5 Å². The second kappa shape index (κ2) is 5.96. The standard InChI is InChI=1S/C12H19N3O3S/c1-18-11-4-6-15(7-5-11)19(16,17)12-3-2-10(8-13)14-9-12/h2-3,9,11H,4-8,13H2,1H3. The lowest BCUT2D eigenvalue weighted by Gasteiger charge is -2.30. The van der Waals surface area contributed by atoms with Crippen molar-refractivity contribution < 1.29 is 13.2 Å². The van der Waals surface area contributed by atoms with Crippen LogP contribution in [-0.2, 0) is 21.3 Å². The molecule has 0 atom stereocenters. The van der Waals surface area contributed by atoms with E-state index in [9.17, 15) is 8.42 Å². The SMILES string of the molecule is COC1CCN(S(=O)(=O)c2ccc(CN)nc2)CC1. The van der Waals surface area contributed by atoms with Crippen LogP contribution in [0.15, 0.2) is 23.2 Å². The Morgan fingerprint density at radius 2 is 2.11 bits per heavy atom. The molecule has 0 bridgehead atoms. The van der Waals surface area contributed by atoms with E-state index in [4.69, 9.17) is 10.5 Å². The summed E-state index contributed by atoms with van der Waals surface area (Å²) in [6.45, 7) is 1.28. The van der Waals surface area contributed by atoms with Crippen LogP contribution < -0.4 is 5.73 Å². The molecule has 0 spiro atoms. The van der Waals surface area contributed by atoms with Gasteiger partial charge in [0.25, 0.3) is 0 Å². The van der Waals surface area contributed by atoms with Crippen LogP contribution in [-0.4, -0.2) is 44.0 Å². The van der Waals surface area contributed by atoms with Crippen molar-refractivity contribution in [3.8, 4) is 0 Å². The lowest BCUT2D eigenvalue weighted by Crippen LogP contribution is -2.40. The number of nitrogens with two attached hydrogens (primary N) is 1. The van der Waals surface area contributed by atoms with Gasteiger partial charge in [0.15, 0.2) is 0 Å². The van der Waals surface area contributed by atoms with Gasteiger partial charge in [-0.15, -0.1) is 0 Å². The molecular formula is C12H19N3O3S. The summed E-state index contributed by atoms with van der Waals surface area (Å²) >= 11 is 0. The van der Waals surface area contributed by atoms with Crippen LogP contribution in [0.4, 0.5) is 0 Å². The Hall–Kier alpha value is -1.02. The third-order valence-electron chi connectivity index (χ3n) is 3.38. The first-order chi connectivity index (χ1) is 9.07. The van der Waals surface area contributed by atoms with Gasteiger partial charge in [0.2, 0.25) is 10.0 Å². The third kappa shape index (κ3) is 3.11. The average Bonchev–Trinajstić information content (AvgIpc) is 2.47. The Morgan fingerprint density at radius 1 is 1.42 bits per heavy atom. The van der Waals surface area contributed by atoms with E-state index in [1.807, 2.05) is 0 Å². The molecule has 0 aromatic carbocycles. The quantitative estimate of drug-likeness (QED) is 0.862. The zero-order chi connectivity index (χ0) is 13.9. The Morgan fingerprint density at radius 3 is 2.58 bits per heavy atom. The minimum atomic E-state index is -3.44. The minimum absolute atomic E-state index is 0.157. The van der Waals surface area contributed by atoms with Crippen molar-refractivity contribution in [3.63, 3.8) is 0 Å². The van der Waals surface area contributed by atoms with Crippen molar-refractivity contribution in [2.75, 3.05) is 20.2 Å². The summed E-state index contributed by atoms with van der Waals surface area (Å²) in [4.78, 5) is 4.26. The first-order valence-corrected chi connectivity index (χ1v) is 7.70. The molecule has 2 rings (SSSR count). The van der Waals surface area contributed by atoms with Crippen LogP contribution in [0.25, 0.3) is 0 Å². The molecule has 19 heavy (non-hydrogen) atoms. The van der Waals surface area contributed by atoms with E-state index < -0.39 is 10.0 Å². The molecule has 7 heteroatoms. The summed E-state index contributed by atoms with van der Waals surface area (Å²) in [6, 6.07) is 3.21. The normalized spacial score (nSPS) is 18.6. The maximum absolute atomic E-state index is 12.4. The summed E-state index contributed by atoms with van der Waals surface area (Å²) < 4.78 is 31.5. The number of ether oxygens (including phenoxy) is 1. The zero-order valence-corrected chi connectivity index (χ0v) is 11.8. The molecule has 0 radical (unpaired) electrons. The number of nitrogens with zero attached hydrogens (tertiary/aromatic N) is 2. The molecule has 1 saturated heterocycles. The van der Waals surface area contributed by atoms with E-state index in [0.717, 1.165) is 12.8 Å². The number of pyridine rings is 1. The van der Waals surface area contributed by atoms with E-state index >= 15 is 0 Å². The molecule has 0 unspecified atom stereocenters. The maximum Gasteiger partial charge on any atom is 0.244 e. The van der Waals surface area contributed by atoms with E-state index in [0.29, 0.717) is 25.3 Å². The van der Waals surface area contributed by atoms with E-state index in [1.54, 1.807) is 19.2 Å². The lowest BCUT2D eigenvalue weighted by molar-refractivity contribution is 0.0604. The zero-order valence-electron chi connectivity index (χ0n) is 10.9. The highest BCUT2D eigenvalue weighted by atomic mass is 32.2. The Bertz CT molecular complexity index is 508. The van der Waals surface area contributed by atoms with Gasteiger partial charge in [-0.25, -0.2) is 8.42 Å². The monoisotopic (exact) mass is 285 g/mol. The predicted molar refractivity (Wildman–Crippen MR) is 70.9 cm³/mol. The number of hydrogen-bond donors (Lipinski definition) is 1. The van der Waals surface area contributed by atoms with Crippen molar-refractivity contribution in [1.82, 2.24) is 9.29 Å². The molecule has 1 aliphatic rings. The summed E-state index contributed by atoms with van der Waals surface area (Å²) in [6.07, 6.45) is 2.98. The third-order valence-corrected chi connectivity index (χ3v) is 5.26. The smallest absolute Gasteiger partial charge is 0.244 e. The van der Waals surface area contributed by atoms with Gasteiger partial charge in [0.1, 0.15) is 4.90 Å². The van der Waals surface area contributed by atoms with Crippen molar-refractivity contribution in [3.05, 3.63) is 24.0 Å². The summed E-state index contributed by atoms with van der Waals surface area (Å²) in [5.41, 5.74) is 6.12. The molecule has 1 aromatic heterocycles. The molecule has 0 aliphatic carbocycles. The van der Waals surface area contributed by atoms with Gasteiger partial charge in [-0.3, -0.25) is 4.98 Å². The van der Waals surface area contributed by atoms with Gasteiger partial charge in [0.05, 0.1) is 11.8 Å². The fourth-order valence-corrected chi connectivity index (χ4v) is 3.56. The van der Waals surface area contributed by atoms with Crippen LogP contribution in [0.5, 0.6) is 0 Å². The van der Waals surface area contributed by atoms with Crippen molar-refractivity contribution >= 4 is 10.0 Å². The predicted octanol–water partition coefficient (Wildman–Crippen LogP) is 0.340. The van der Waals surface area contributed by atoms with Gasteiger partial charge in [-0.2, -0.15) is 4.31 Å². The van der Waals surface area contributed by atoms with Gasteiger partial charge in [0, 0.05) is 32.9 Å². The summed E-state index contributed by atoms with van der Waals surface area (Å²) in [5, 5.41) is 0. The molecular weight excluding hydrogens is 266 g/mol. The summed E-state index contributed by atoms with van der Waals surface area (Å²) in [5.74, 6) is 0. The topological polar surface area (TPSA) is 85.5 Å². The largest absolute Gasteiger partial charge is 0.381 e. The number of sulfonamides is 1. The number of rotatable bonds is 4. The first kappa shape index (κ1) is 14.4. The van der Waals surface area contributed by atoms with Crippen molar-refractivity contribution in [2.24, 2.45) is 5.73 Å². The van der Waals surface area contributed by atoms with Crippen LogP contribution in [0.2, 0.25) is 0 Å². The number of hydrogen-bond acceptors (Lipinski definition) is 5. The highest BCUT2D eigenvalue weighted by Gasteiger charge is 2.29. The molecule has 2 N–H and O–H groups in total. The van der Waals surface area contributed by atoms with Crippen LogP contribution in [0.3, 0.4) is 0 Å². The number of methoxy groups -OCH3 is 1. The molecule has 1 fully saturated rings. The fraction of sp³-hybridized carbons (Fsp3) is 0.583. The van der Waals surface area contributed by atoms with E-state index in [-0.39, 0.29) is 11.0 Å². The van der Waals surface area contributed by atoms with Crippen LogP contribution in [0, 0.1) is 0 Å². The van der Waals surface area contributed by atoms with Crippen molar-refractivity contribution in [2.45, 2.75) is 30.4 Å². The van der Waals surface area contributed by atoms with Crippen LogP contribution in [0.1, 0.15) is 18.5 Å². The second-order valence-corrected chi connectivity index (χ2v) is 6.47. The van der Waals surface area contributed by atoms with Crippen LogP contribution >= 0.6 is 0 Å². The molecule has 0 saturated carbocycles. The molecule has 1 aromatic rings. The lowest BCUT2D eigenvalue weighted by atomic mass is 10.1. The highest BCUT2D eigenvalue weighted by Crippen LogP contribution is 2.21. The molecule has 1 aliphatic heterocycles. The van der Waals surface area contributed by atoms with E-state index in [1.165, 1.54) is 10.5 Å². The minimum Gasteiger partial charge on any atom is -0.381 e. The average molecular weight is 285 g/mol. The summed E-state index contributed by atoms with van der Waals surface area (Å²) in [7, 11) is -1.79. The molecule has 106 valence electrons. The maximum atomic E-state index is 12.4. The highest BCUT2D eigenvalue weighted by molar-refractivity contribution is 7.89. The fourth-order valence-electron chi connectivity index (χ4n) is 2.14. The van der Waals surface area contributed by atoms with Gasteiger partial charge in [-0.1, -0.05) is 0 Å². The second-order valence-electron chi connectivity index (χ2n) is 4.53. The molecule has 0 amide bonds. The Labute approximate surface area is 113 Å². The first-order valence-electron chi connectivity index (χ1n) is 6.26. The van der Waals surface area contributed by atoms with Gasteiger partial charge in [-0.05, 0) is 25.0 Å². The number of piperidine rings is 1. The Balaban J connectivity index is 2.13. The van der Waals surface area contributed by atoms with Crippen molar-refractivity contribution in [1.29, 1.82) is 0 Å². The molecule has 2 heterocycles. The number of aromatic nitrogens is 1. The molecule has 6 nitrogen and oxygen atoms in total. The van der Waals surface area contributed by atoms with Gasteiger partial charge >= 0.3 is 0 Å². The Kier molecular flexibility index (Phi) is 4.51. The van der Waals surface area contributed by atoms with E-state index in [2.05, 4.69) is 4.98 Å².